The molecule has 2 heterocycles. The quantitative estimate of drug-likeness (QED) is 0.388. The van der Waals surface area contributed by atoms with Gasteiger partial charge >= 0.3 is 6.18 Å². The maximum Gasteiger partial charge on any atom is 0.397 e. The first kappa shape index (κ1) is 23.0. The normalized spacial score (nSPS) is 17.5. The largest absolute Gasteiger partial charge is 0.397 e. The zero-order valence-corrected chi connectivity index (χ0v) is 19.5. The molecule has 0 N–H and O–H groups in total. The summed E-state index contributed by atoms with van der Waals surface area (Å²) in [7, 11) is 0. The zero-order chi connectivity index (χ0) is 24.6. The van der Waals surface area contributed by atoms with Crippen molar-refractivity contribution in [2.75, 3.05) is 11.4 Å². The van der Waals surface area contributed by atoms with Gasteiger partial charge in [-0.1, -0.05) is 72.0 Å². The van der Waals surface area contributed by atoms with Gasteiger partial charge in [0.25, 0.3) is 0 Å². The second-order valence-corrected chi connectivity index (χ2v) is 9.20. The topological polar surface area (TPSA) is 45.6 Å². The van der Waals surface area contributed by atoms with Crippen LogP contribution in [0.15, 0.2) is 101 Å². The van der Waals surface area contributed by atoms with Gasteiger partial charge in [0.2, 0.25) is 5.13 Å². The number of thiazole rings is 1. The minimum atomic E-state index is -4.48. The number of hydrogen-bond donors (Lipinski definition) is 0. The Hall–Kier alpha value is -3.78. The van der Waals surface area contributed by atoms with Crippen LogP contribution >= 0.6 is 11.3 Å². The maximum absolute atomic E-state index is 13.9. The van der Waals surface area contributed by atoms with Crippen LogP contribution in [0.4, 0.5) is 23.3 Å². The molecule has 3 aromatic rings. The van der Waals surface area contributed by atoms with Gasteiger partial charge in [0.15, 0.2) is 5.78 Å². The highest BCUT2D eigenvalue weighted by Crippen LogP contribution is 2.44. The average Bonchev–Trinajstić information content (AvgIpc) is 3.22. The lowest BCUT2D eigenvalue weighted by atomic mass is 9.85. The molecule has 2 aliphatic rings. The van der Waals surface area contributed by atoms with Gasteiger partial charge in [-0.05, 0) is 36.3 Å². The molecule has 0 saturated carbocycles. The first-order chi connectivity index (χ1) is 16.8. The van der Waals surface area contributed by atoms with E-state index in [-0.39, 0.29) is 12.1 Å². The molecule has 0 bridgehead atoms. The maximum atomic E-state index is 13.9. The molecule has 0 fully saturated rings. The van der Waals surface area contributed by atoms with Gasteiger partial charge in [-0.15, -0.1) is 0 Å². The van der Waals surface area contributed by atoms with E-state index in [0.717, 1.165) is 22.9 Å². The Bertz CT molecular complexity index is 1340. The Morgan fingerprint density at radius 2 is 1.66 bits per heavy atom. The summed E-state index contributed by atoms with van der Waals surface area (Å²) in [6, 6.07) is 19.4. The summed E-state index contributed by atoms with van der Waals surface area (Å²) in [5, 5.41) is 1.05. The highest BCUT2D eigenvalue weighted by Gasteiger charge is 2.46. The second-order valence-electron chi connectivity index (χ2n) is 8.25. The number of alkyl halides is 3. The molecule has 0 spiro atoms. The summed E-state index contributed by atoms with van der Waals surface area (Å²) in [6.45, 7) is 1.44. The lowest BCUT2D eigenvalue weighted by Crippen LogP contribution is -2.40. The number of ketones is 1. The predicted molar refractivity (Wildman–Crippen MR) is 132 cm³/mol. The lowest BCUT2D eigenvalue weighted by molar-refractivity contribution is -0.161. The van der Waals surface area contributed by atoms with Crippen LogP contribution in [-0.4, -0.2) is 29.2 Å². The number of carbonyl (C=O) groups is 1. The fourth-order valence-corrected chi connectivity index (χ4v) is 5.11. The van der Waals surface area contributed by atoms with E-state index in [9.17, 15) is 18.0 Å². The summed E-state index contributed by atoms with van der Waals surface area (Å²) >= 11 is 1.24. The fraction of sp³-hybridized carbons (Fsp3) is 0.148. The van der Waals surface area contributed by atoms with Crippen molar-refractivity contribution in [1.82, 2.24) is 4.98 Å². The Balaban J connectivity index is 1.56. The number of carbonyl (C=O) groups excluding carboxylic acids is 1. The van der Waals surface area contributed by atoms with Crippen LogP contribution in [-0.2, 0) is 4.79 Å². The molecule has 1 aromatic heterocycles. The molecule has 0 amide bonds. The van der Waals surface area contributed by atoms with Crippen molar-refractivity contribution in [1.29, 1.82) is 0 Å². The van der Waals surface area contributed by atoms with E-state index < -0.39 is 17.9 Å². The molecule has 2 aromatic carbocycles. The van der Waals surface area contributed by atoms with E-state index in [1.807, 2.05) is 60.7 Å². The highest BCUT2D eigenvalue weighted by molar-refractivity contribution is 7.19. The molecular formula is C27H20F3N3OS. The van der Waals surface area contributed by atoms with Gasteiger partial charge in [-0.25, -0.2) is 9.98 Å². The molecule has 0 saturated heterocycles. The van der Waals surface area contributed by atoms with Crippen LogP contribution in [0.1, 0.15) is 16.8 Å². The van der Waals surface area contributed by atoms with Crippen molar-refractivity contribution in [3.05, 3.63) is 113 Å². The van der Waals surface area contributed by atoms with Crippen LogP contribution < -0.4 is 4.90 Å². The molecule has 1 aliphatic carbocycles. The average molecular weight is 492 g/mol. The summed E-state index contributed by atoms with van der Waals surface area (Å²) < 4.78 is 41.8. The molecule has 35 heavy (non-hydrogen) atoms. The van der Waals surface area contributed by atoms with Gasteiger partial charge in [-0.3, -0.25) is 4.79 Å². The fourth-order valence-electron chi connectivity index (χ4n) is 4.18. The number of fused-ring (bicyclic) bond motifs is 1. The predicted octanol–water partition coefficient (Wildman–Crippen LogP) is 6.57. The number of anilines is 1. The number of aromatic nitrogens is 1. The van der Waals surface area contributed by atoms with Crippen molar-refractivity contribution in [2.24, 2.45) is 10.9 Å². The zero-order valence-electron chi connectivity index (χ0n) is 18.7. The highest BCUT2D eigenvalue weighted by atomic mass is 32.1. The van der Waals surface area contributed by atoms with Crippen LogP contribution in [0, 0.1) is 12.8 Å². The number of aliphatic imine (C=N–C) groups is 1. The number of rotatable bonds is 4. The molecule has 1 unspecified atom stereocenters. The third kappa shape index (κ3) is 4.74. The molecule has 5 rings (SSSR count). The van der Waals surface area contributed by atoms with E-state index in [4.69, 9.17) is 4.99 Å². The molecule has 4 nitrogen and oxygen atoms in total. The van der Waals surface area contributed by atoms with Crippen molar-refractivity contribution in [3.63, 3.8) is 0 Å². The summed E-state index contributed by atoms with van der Waals surface area (Å²) in [6.07, 6.45) is 0.986. The standard InChI is InChI=1S/C27H20F3N3OS/c1-17-25(33-15-20-12-13-21(34)14-22(20)23(16-33)27(28,29)30)35-26(31-17)32-24(18-8-4-2-5-9-18)19-10-6-3-7-11-19/h2-15,23H,16H2,1H3. The van der Waals surface area contributed by atoms with E-state index in [1.54, 1.807) is 18.0 Å². The molecular weight excluding hydrogens is 471 g/mol. The van der Waals surface area contributed by atoms with Gasteiger partial charge in [0.05, 0.1) is 17.3 Å². The van der Waals surface area contributed by atoms with Crippen LogP contribution in [0.2, 0.25) is 0 Å². The number of hydrogen-bond acceptors (Lipinski definition) is 5. The van der Waals surface area contributed by atoms with Crippen LogP contribution in [0.5, 0.6) is 0 Å². The number of allylic oxidation sites excluding steroid dienone is 4. The number of aryl methyl sites for hydroxylation is 1. The number of benzene rings is 2. The van der Waals surface area contributed by atoms with Crippen LogP contribution in [0.25, 0.3) is 0 Å². The molecule has 0 radical (unpaired) electrons. The second kappa shape index (κ2) is 9.11. The SMILES string of the molecule is Cc1nc(N=C(c2ccccc2)c2ccccc2)sc1N1C=C2C=CC(=O)C=C2C(C(F)(F)F)C1. The van der Waals surface area contributed by atoms with Gasteiger partial charge in [0.1, 0.15) is 5.00 Å². The Kier molecular flexibility index (Phi) is 5.98. The number of nitrogens with zero attached hydrogens (tertiary/aromatic N) is 3. The third-order valence-electron chi connectivity index (χ3n) is 5.83. The Morgan fingerprint density at radius 3 is 2.26 bits per heavy atom. The van der Waals surface area contributed by atoms with E-state index in [0.29, 0.717) is 21.4 Å². The van der Waals surface area contributed by atoms with Gasteiger partial charge in [-0.2, -0.15) is 13.2 Å². The third-order valence-corrected chi connectivity index (χ3v) is 6.91. The van der Waals surface area contributed by atoms with Crippen molar-refractivity contribution >= 4 is 33.0 Å². The summed E-state index contributed by atoms with van der Waals surface area (Å²) in [5.41, 5.74) is 3.54. The first-order valence-electron chi connectivity index (χ1n) is 11.0. The van der Waals surface area contributed by atoms with Gasteiger partial charge < -0.3 is 4.90 Å². The van der Waals surface area contributed by atoms with Gasteiger partial charge in [0, 0.05) is 23.9 Å². The van der Waals surface area contributed by atoms with E-state index in [2.05, 4.69) is 4.98 Å². The van der Waals surface area contributed by atoms with E-state index in [1.165, 1.54) is 23.5 Å². The Morgan fingerprint density at radius 1 is 1.03 bits per heavy atom. The van der Waals surface area contributed by atoms with Crippen LogP contribution in [0.3, 0.4) is 0 Å². The smallest absolute Gasteiger partial charge is 0.337 e. The molecule has 8 heteroatoms. The lowest BCUT2D eigenvalue weighted by Gasteiger charge is -2.35. The Labute approximate surface area is 204 Å². The molecule has 1 atom stereocenters. The van der Waals surface area contributed by atoms with E-state index >= 15 is 0 Å². The van der Waals surface area contributed by atoms with Crippen molar-refractivity contribution < 1.29 is 18.0 Å². The minimum Gasteiger partial charge on any atom is -0.337 e. The van der Waals surface area contributed by atoms with Crippen molar-refractivity contribution in [2.45, 2.75) is 13.1 Å². The first-order valence-corrected chi connectivity index (χ1v) is 11.8. The summed E-state index contributed by atoms with van der Waals surface area (Å²) in [4.78, 5) is 22.7. The summed E-state index contributed by atoms with van der Waals surface area (Å²) in [5.74, 6) is -2.20. The molecule has 176 valence electrons. The monoisotopic (exact) mass is 491 g/mol. The van der Waals surface area contributed by atoms with Crippen molar-refractivity contribution in [3.8, 4) is 0 Å². The number of halogens is 3. The minimum absolute atomic E-state index is 0.0112. The molecule has 1 aliphatic heterocycles.